The van der Waals surface area contributed by atoms with Crippen LogP contribution in [0.4, 0.5) is 4.79 Å². The molecule has 0 radical (unpaired) electrons. The molecule has 1 unspecified atom stereocenters. The molecule has 3 aromatic rings. The van der Waals surface area contributed by atoms with Gasteiger partial charge in [-0.15, -0.1) is 11.3 Å². The van der Waals surface area contributed by atoms with Crippen molar-refractivity contribution in [2.45, 2.75) is 12.5 Å². The molecule has 2 aromatic heterocycles. The number of rotatable bonds is 7. The smallest absolute Gasteiger partial charge is 0.315 e. The third-order valence-electron chi connectivity index (χ3n) is 4.06. The number of hydrogen-bond donors (Lipinski definition) is 2. The standard InChI is InChI=1S/C19H22N4O2S/c1-23-11-10-20-18(23)17(14-5-3-6-15(13-14)25-2)22-19(24)21-9-8-16-7-4-12-26-16/h3-7,10-13,17H,8-9H2,1-2H3,(H2,21,22,24). The number of aromatic nitrogens is 2. The lowest BCUT2D eigenvalue weighted by Crippen LogP contribution is -2.40. The van der Waals surface area contributed by atoms with Gasteiger partial charge in [-0.2, -0.15) is 0 Å². The quantitative estimate of drug-likeness (QED) is 0.671. The number of benzene rings is 1. The number of urea groups is 1. The summed E-state index contributed by atoms with van der Waals surface area (Å²) in [6.07, 6.45) is 4.40. The molecule has 0 saturated heterocycles. The van der Waals surface area contributed by atoms with Gasteiger partial charge < -0.3 is 19.9 Å². The van der Waals surface area contributed by atoms with Gasteiger partial charge in [0.25, 0.3) is 0 Å². The molecule has 0 aliphatic heterocycles. The van der Waals surface area contributed by atoms with E-state index in [1.807, 2.05) is 53.5 Å². The first kappa shape index (κ1) is 18.0. The molecule has 0 saturated carbocycles. The zero-order chi connectivity index (χ0) is 18.4. The Hall–Kier alpha value is -2.80. The normalized spacial score (nSPS) is 11.8. The van der Waals surface area contributed by atoms with Gasteiger partial charge in [0.15, 0.2) is 0 Å². The predicted octanol–water partition coefficient (Wildman–Crippen LogP) is 3.12. The number of methoxy groups -OCH3 is 1. The average molecular weight is 370 g/mol. The average Bonchev–Trinajstić information content (AvgIpc) is 3.31. The van der Waals surface area contributed by atoms with Crippen LogP contribution in [0.1, 0.15) is 22.3 Å². The number of ether oxygens (including phenoxy) is 1. The van der Waals surface area contributed by atoms with E-state index in [0.29, 0.717) is 6.54 Å². The lowest BCUT2D eigenvalue weighted by atomic mass is 10.1. The molecule has 7 heteroatoms. The Kier molecular flexibility index (Phi) is 5.91. The van der Waals surface area contributed by atoms with Gasteiger partial charge in [0.05, 0.1) is 7.11 Å². The molecule has 0 fully saturated rings. The van der Waals surface area contributed by atoms with Crippen LogP contribution in [0.3, 0.4) is 0 Å². The number of nitrogens with one attached hydrogen (secondary N) is 2. The number of amides is 2. The molecule has 0 aliphatic rings. The van der Waals surface area contributed by atoms with Crippen molar-refractivity contribution in [2.75, 3.05) is 13.7 Å². The lowest BCUT2D eigenvalue weighted by molar-refractivity contribution is 0.238. The zero-order valence-corrected chi connectivity index (χ0v) is 15.6. The molecule has 2 heterocycles. The van der Waals surface area contributed by atoms with Crippen LogP contribution in [0.5, 0.6) is 5.75 Å². The Bertz CT molecular complexity index is 845. The summed E-state index contributed by atoms with van der Waals surface area (Å²) in [5.74, 6) is 1.49. The third kappa shape index (κ3) is 4.43. The summed E-state index contributed by atoms with van der Waals surface area (Å²) in [4.78, 5) is 18.1. The monoisotopic (exact) mass is 370 g/mol. The van der Waals surface area contributed by atoms with E-state index in [4.69, 9.17) is 4.74 Å². The minimum Gasteiger partial charge on any atom is -0.497 e. The van der Waals surface area contributed by atoms with Gasteiger partial charge in [-0.1, -0.05) is 18.2 Å². The van der Waals surface area contributed by atoms with E-state index in [-0.39, 0.29) is 12.1 Å². The fourth-order valence-electron chi connectivity index (χ4n) is 2.71. The second-order valence-electron chi connectivity index (χ2n) is 5.84. The van der Waals surface area contributed by atoms with Crippen LogP contribution in [0.15, 0.2) is 54.2 Å². The van der Waals surface area contributed by atoms with Crippen molar-refractivity contribution in [3.05, 3.63) is 70.4 Å². The van der Waals surface area contributed by atoms with Crippen LogP contribution in [0, 0.1) is 0 Å². The minimum absolute atomic E-state index is 0.225. The molecule has 0 bridgehead atoms. The van der Waals surface area contributed by atoms with Crippen molar-refractivity contribution in [3.8, 4) is 5.75 Å². The second kappa shape index (κ2) is 8.53. The van der Waals surface area contributed by atoms with E-state index in [1.165, 1.54) is 4.88 Å². The van der Waals surface area contributed by atoms with Crippen molar-refractivity contribution in [3.63, 3.8) is 0 Å². The van der Waals surface area contributed by atoms with E-state index in [9.17, 15) is 4.79 Å². The predicted molar refractivity (Wildman–Crippen MR) is 103 cm³/mol. The van der Waals surface area contributed by atoms with Gasteiger partial charge in [-0.05, 0) is 35.6 Å². The van der Waals surface area contributed by atoms with E-state index in [1.54, 1.807) is 24.6 Å². The highest BCUT2D eigenvalue weighted by molar-refractivity contribution is 7.09. The molecule has 0 aliphatic carbocycles. The highest BCUT2D eigenvalue weighted by Gasteiger charge is 2.21. The van der Waals surface area contributed by atoms with E-state index >= 15 is 0 Å². The summed E-state index contributed by atoms with van der Waals surface area (Å²) >= 11 is 1.69. The summed E-state index contributed by atoms with van der Waals surface area (Å²) in [6, 6.07) is 11.1. The van der Waals surface area contributed by atoms with Crippen LogP contribution in [-0.4, -0.2) is 29.2 Å². The van der Waals surface area contributed by atoms with Crippen LogP contribution >= 0.6 is 11.3 Å². The molecular formula is C19H22N4O2S. The fraction of sp³-hybridized carbons (Fsp3) is 0.263. The van der Waals surface area contributed by atoms with Crippen LogP contribution in [0.25, 0.3) is 0 Å². The van der Waals surface area contributed by atoms with E-state index in [0.717, 1.165) is 23.6 Å². The molecule has 6 nitrogen and oxygen atoms in total. The Labute approximate surface area is 156 Å². The highest BCUT2D eigenvalue weighted by Crippen LogP contribution is 2.24. The van der Waals surface area contributed by atoms with Crippen molar-refractivity contribution in [1.82, 2.24) is 20.2 Å². The first-order valence-corrected chi connectivity index (χ1v) is 9.23. The van der Waals surface area contributed by atoms with Gasteiger partial charge in [0.1, 0.15) is 17.6 Å². The maximum atomic E-state index is 12.4. The summed E-state index contributed by atoms with van der Waals surface area (Å²) in [5, 5.41) is 7.98. The number of hydrogen-bond acceptors (Lipinski definition) is 4. The number of aryl methyl sites for hydroxylation is 1. The summed E-state index contributed by atoms with van der Waals surface area (Å²) < 4.78 is 7.21. The van der Waals surface area contributed by atoms with Crippen LogP contribution in [0.2, 0.25) is 0 Å². The Morgan fingerprint density at radius 3 is 2.92 bits per heavy atom. The summed E-state index contributed by atoms with van der Waals surface area (Å²) in [5.41, 5.74) is 0.909. The van der Waals surface area contributed by atoms with Crippen molar-refractivity contribution in [2.24, 2.45) is 7.05 Å². The van der Waals surface area contributed by atoms with Gasteiger partial charge in [0, 0.05) is 30.9 Å². The van der Waals surface area contributed by atoms with Crippen LogP contribution < -0.4 is 15.4 Å². The van der Waals surface area contributed by atoms with E-state index < -0.39 is 0 Å². The summed E-state index contributed by atoms with van der Waals surface area (Å²) in [7, 11) is 3.53. The fourth-order valence-corrected chi connectivity index (χ4v) is 3.42. The van der Waals surface area contributed by atoms with Crippen molar-refractivity contribution in [1.29, 1.82) is 0 Å². The first-order chi connectivity index (χ1) is 12.7. The van der Waals surface area contributed by atoms with Crippen molar-refractivity contribution >= 4 is 17.4 Å². The Morgan fingerprint density at radius 2 is 2.23 bits per heavy atom. The number of nitrogens with zero attached hydrogens (tertiary/aromatic N) is 2. The maximum Gasteiger partial charge on any atom is 0.315 e. The summed E-state index contributed by atoms with van der Waals surface area (Å²) in [6.45, 7) is 0.581. The Morgan fingerprint density at radius 1 is 1.35 bits per heavy atom. The molecule has 136 valence electrons. The minimum atomic E-state index is -0.369. The first-order valence-electron chi connectivity index (χ1n) is 8.35. The molecular weight excluding hydrogens is 348 g/mol. The highest BCUT2D eigenvalue weighted by atomic mass is 32.1. The van der Waals surface area contributed by atoms with Gasteiger partial charge in [0.2, 0.25) is 0 Å². The lowest BCUT2D eigenvalue weighted by Gasteiger charge is -2.20. The second-order valence-corrected chi connectivity index (χ2v) is 6.87. The van der Waals surface area contributed by atoms with E-state index in [2.05, 4.69) is 21.7 Å². The van der Waals surface area contributed by atoms with Gasteiger partial charge >= 0.3 is 6.03 Å². The van der Waals surface area contributed by atoms with Gasteiger partial charge in [-0.3, -0.25) is 0 Å². The zero-order valence-electron chi connectivity index (χ0n) is 14.8. The number of carbonyl (C=O) groups is 1. The topological polar surface area (TPSA) is 68.2 Å². The molecule has 3 rings (SSSR count). The maximum absolute atomic E-state index is 12.4. The molecule has 2 N–H and O–H groups in total. The molecule has 2 amide bonds. The number of carbonyl (C=O) groups excluding carboxylic acids is 1. The van der Waals surface area contributed by atoms with Crippen LogP contribution in [-0.2, 0) is 13.5 Å². The van der Waals surface area contributed by atoms with Crippen molar-refractivity contribution < 1.29 is 9.53 Å². The Balaban J connectivity index is 1.71. The SMILES string of the molecule is COc1cccc(C(NC(=O)NCCc2cccs2)c2nccn2C)c1. The number of thiophene rings is 1. The molecule has 26 heavy (non-hydrogen) atoms. The number of imidazole rings is 1. The van der Waals surface area contributed by atoms with Gasteiger partial charge in [-0.25, -0.2) is 9.78 Å². The molecule has 1 aromatic carbocycles. The largest absolute Gasteiger partial charge is 0.497 e. The molecule has 0 spiro atoms. The molecule has 1 atom stereocenters. The third-order valence-corrected chi connectivity index (χ3v) is 4.99.